The minimum Gasteiger partial charge on any atom is -0.497 e. The molecule has 128 valence electrons. The lowest BCUT2D eigenvalue weighted by atomic mass is 9.98. The number of rotatable bonds is 4. The minimum atomic E-state index is -0.483. The lowest BCUT2D eigenvalue weighted by Gasteiger charge is -2.11. The minimum absolute atomic E-state index is 0.0642. The van der Waals surface area contributed by atoms with Crippen LogP contribution in [-0.4, -0.2) is 17.0 Å². The van der Waals surface area contributed by atoms with Gasteiger partial charge in [0.15, 0.2) is 0 Å². The van der Waals surface area contributed by atoms with Crippen LogP contribution in [0.15, 0.2) is 54.6 Å². The molecule has 0 spiro atoms. The molecule has 0 fully saturated rings. The molecular weight excluding hydrogens is 332 g/mol. The summed E-state index contributed by atoms with van der Waals surface area (Å²) in [7, 11) is 1.56. The Morgan fingerprint density at radius 3 is 2.58 bits per heavy atom. The number of methoxy groups -OCH3 is 1. The number of anilines is 1. The van der Waals surface area contributed by atoms with Crippen LogP contribution in [0.2, 0.25) is 0 Å². The summed E-state index contributed by atoms with van der Waals surface area (Å²) < 4.78 is 5.22. The molecule has 1 heterocycles. The number of nitro groups is 1. The Morgan fingerprint density at radius 2 is 1.88 bits per heavy atom. The Balaban J connectivity index is 2.22. The second kappa shape index (κ2) is 6.91. The number of nitro benzene ring substituents is 1. The van der Waals surface area contributed by atoms with Gasteiger partial charge in [0, 0.05) is 23.3 Å². The van der Waals surface area contributed by atoms with Crippen molar-refractivity contribution in [1.82, 2.24) is 4.98 Å². The first kappa shape index (κ1) is 16.9. The highest BCUT2D eigenvalue weighted by Crippen LogP contribution is 2.33. The maximum Gasteiger partial charge on any atom is 0.270 e. The molecule has 0 unspecified atom stereocenters. The fraction of sp³-hybridized carbons (Fsp3) is 0.0526. The van der Waals surface area contributed by atoms with Crippen LogP contribution in [0.4, 0.5) is 11.5 Å². The summed E-state index contributed by atoms with van der Waals surface area (Å²) in [5.41, 5.74) is 8.40. The fourth-order valence-electron chi connectivity index (χ4n) is 2.63. The summed E-state index contributed by atoms with van der Waals surface area (Å²) in [6, 6.07) is 17.0. The van der Waals surface area contributed by atoms with Crippen molar-refractivity contribution in [3.8, 4) is 34.2 Å². The molecule has 0 saturated carbocycles. The molecule has 3 rings (SSSR count). The molecule has 7 heteroatoms. The van der Waals surface area contributed by atoms with Crippen molar-refractivity contribution in [3.63, 3.8) is 0 Å². The van der Waals surface area contributed by atoms with Gasteiger partial charge in [0.05, 0.1) is 17.7 Å². The standard InChI is InChI=1S/C19H14N4O3/c1-26-15-7-3-5-13(9-15)18-10-16(17(11-20)19(21)22-18)12-4-2-6-14(8-12)23(24)25/h2-10H,1H3,(H2,21,22). The second-order valence-electron chi connectivity index (χ2n) is 5.47. The number of hydrogen-bond acceptors (Lipinski definition) is 6. The van der Waals surface area contributed by atoms with Crippen LogP contribution in [0.5, 0.6) is 5.75 Å². The van der Waals surface area contributed by atoms with E-state index < -0.39 is 4.92 Å². The van der Waals surface area contributed by atoms with Crippen LogP contribution in [0.3, 0.4) is 0 Å². The summed E-state index contributed by atoms with van der Waals surface area (Å²) in [5.74, 6) is 0.721. The van der Waals surface area contributed by atoms with Gasteiger partial charge in [0.25, 0.3) is 5.69 Å². The van der Waals surface area contributed by atoms with E-state index in [1.54, 1.807) is 37.4 Å². The van der Waals surface area contributed by atoms with Gasteiger partial charge < -0.3 is 10.5 Å². The number of nitriles is 1. The van der Waals surface area contributed by atoms with E-state index in [1.165, 1.54) is 12.1 Å². The van der Waals surface area contributed by atoms with E-state index >= 15 is 0 Å². The lowest BCUT2D eigenvalue weighted by Crippen LogP contribution is -2.00. The Bertz CT molecular complexity index is 1040. The number of hydrogen-bond donors (Lipinski definition) is 1. The smallest absolute Gasteiger partial charge is 0.270 e. The third-order valence-corrected chi connectivity index (χ3v) is 3.89. The Kier molecular flexibility index (Phi) is 4.50. The molecule has 7 nitrogen and oxygen atoms in total. The third-order valence-electron chi connectivity index (χ3n) is 3.89. The maximum absolute atomic E-state index is 11.1. The molecule has 3 aromatic rings. The quantitative estimate of drug-likeness (QED) is 0.567. The predicted molar refractivity (Wildman–Crippen MR) is 97.4 cm³/mol. The van der Waals surface area contributed by atoms with Crippen molar-refractivity contribution < 1.29 is 9.66 Å². The molecule has 2 aromatic carbocycles. The Hall–Kier alpha value is -3.92. The van der Waals surface area contributed by atoms with E-state index in [-0.39, 0.29) is 17.1 Å². The van der Waals surface area contributed by atoms with E-state index in [0.717, 1.165) is 5.56 Å². The molecule has 0 aliphatic carbocycles. The number of nitrogens with zero attached hydrogens (tertiary/aromatic N) is 3. The number of benzene rings is 2. The first-order valence-electron chi connectivity index (χ1n) is 7.63. The van der Waals surface area contributed by atoms with E-state index in [1.807, 2.05) is 18.2 Å². The zero-order valence-corrected chi connectivity index (χ0v) is 13.8. The van der Waals surface area contributed by atoms with Gasteiger partial charge in [-0.05, 0) is 23.8 Å². The van der Waals surface area contributed by atoms with Crippen molar-refractivity contribution in [3.05, 3.63) is 70.3 Å². The van der Waals surface area contributed by atoms with Gasteiger partial charge in [-0.1, -0.05) is 24.3 Å². The number of nitrogen functional groups attached to an aromatic ring is 1. The van der Waals surface area contributed by atoms with Gasteiger partial charge in [-0.25, -0.2) is 4.98 Å². The van der Waals surface area contributed by atoms with Gasteiger partial charge in [0.2, 0.25) is 0 Å². The van der Waals surface area contributed by atoms with Crippen LogP contribution in [0.25, 0.3) is 22.4 Å². The number of aromatic nitrogens is 1. The van der Waals surface area contributed by atoms with Crippen molar-refractivity contribution in [2.75, 3.05) is 12.8 Å². The topological polar surface area (TPSA) is 115 Å². The summed E-state index contributed by atoms with van der Waals surface area (Å²) in [6.07, 6.45) is 0. The number of nitrogens with two attached hydrogens (primary N) is 1. The third kappa shape index (κ3) is 3.16. The fourth-order valence-corrected chi connectivity index (χ4v) is 2.63. The van der Waals surface area contributed by atoms with Crippen LogP contribution in [0, 0.1) is 21.4 Å². The molecule has 2 N–H and O–H groups in total. The molecule has 0 radical (unpaired) electrons. The van der Waals surface area contributed by atoms with Crippen LogP contribution < -0.4 is 10.5 Å². The molecule has 0 bridgehead atoms. The molecule has 26 heavy (non-hydrogen) atoms. The largest absolute Gasteiger partial charge is 0.497 e. The summed E-state index contributed by atoms with van der Waals surface area (Å²) >= 11 is 0. The lowest BCUT2D eigenvalue weighted by molar-refractivity contribution is -0.384. The Labute approximate surface area is 149 Å². The van der Waals surface area contributed by atoms with E-state index in [0.29, 0.717) is 22.6 Å². The zero-order valence-electron chi connectivity index (χ0n) is 13.8. The molecule has 0 aliphatic heterocycles. The highest BCUT2D eigenvalue weighted by Gasteiger charge is 2.16. The van der Waals surface area contributed by atoms with Crippen molar-refractivity contribution in [2.24, 2.45) is 0 Å². The van der Waals surface area contributed by atoms with Gasteiger partial charge in [0.1, 0.15) is 23.2 Å². The molecule has 0 aliphatic rings. The zero-order chi connectivity index (χ0) is 18.7. The summed E-state index contributed by atoms with van der Waals surface area (Å²) in [4.78, 5) is 14.9. The van der Waals surface area contributed by atoms with Crippen LogP contribution >= 0.6 is 0 Å². The SMILES string of the molecule is COc1cccc(-c2cc(-c3cccc([N+](=O)[O-])c3)c(C#N)c(N)n2)c1. The van der Waals surface area contributed by atoms with Crippen molar-refractivity contribution in [2.45, 2.75) is 0 Å². The molecule has 0 atom stereocenters. The van der Waals surface area contributed by atoms with Gasteiger partial charge in [-0.3, -0.25) is 10.1 Å². The van der Waals surface area contributed by atoms with E-state index in [9.17, 15) is 15.4 Å². The van der Waals surface area contributed by atoms with E-state index in [4.69, 9.17) is 10.5 Å². The number of non-ortho nitro benzene ring substituents is 1. The second-order valence-corrected chi connectivity index (χ2v) is 5.47. The maximum atomic E-state index is 11.1. The first-order valence-corrected chi connectivity index (χ1v) is 7.63. The predicted octanol–water partition coefficient (Wildman–Crippen LogP) is 3.79. The van der Waals surface area contributed by atoms with Crippen molar-refractivity contribution >= 4 is 11.5 Å². The molecule has 0 saturated heterocycles. The van der Waals surface area contributed by atoms with Crippen molar-refractivity contribution in [1.29, 1.82) is 5.26 Å². The number of pyridine rings is 1. The average molecular weight is 346 g/mol. The average Bonchev–Trinajstić information content (AvgIpc) is 2.67. The normalized spacial score (nSPS) is 10.2. The van der Waals surface area contributed by atoms with Crippen LogP contribution in [0.1, 0.15) is 5.56 Å². The van der Waals surface area contributed by atoms with E-state index in [2.05, 4.69) is 4.98 Å². The van der Waals surface area contributed by atoms with Gasteiger partial charge in [-0.2, -0.15) is 5.26 Å². The van der Waals surface area contributed by atoms with Crippen LogP contribution in [-0.2, 0) is 0 Å². The van der Waals surface area contributed by atoms with Gasteiger partial charge >= 0.3 is 0 Å². The van der Waals surface area contributed by atoms with Gasteiger partial charge in [-0.15, -0.1) is 0 Å². The monoisotopic (exact) mass is 346 g/mol. The molecule has 1 aromatic heterocycles. The molecule has 0 amide bonds. The Morgan fingerprint density at radius 1 is 1.15 bits per heavy atom. The number of ether oxygens (including phenoxy) is 1. The summed E-state index contributed by atoms with van der Waals surface area (Å²) in [5, 5.41) is 20.5. The highest BCUT2D eigenvalue weighted by molar-refractivity contribution is 5.81. The molecular formula is C19H14N4O3. The summed E-state index contributed by atoms with van der Waals surface area (Å²) in [6.45, 7) is 0. The highest BCUT2D eigenvalue weighted by atomic mass is 16.6. The first-order chi connectivity index (χ1) is 12.5.